The van der Waals surface area contributed by atoms with Crippen LogP contribution in [0.4, 0.5) is 0 Å². The van der Waals surface area contributed by atoms with E-state index in [9.17, 15) is 13.9 Å². The average Bonchev–Trinajstić information content (AvgIpc) is 2.53. The number of hydrogen-bond acceptors (Lipinski definition) is 5. The lowest BCUT2D eigenvalue weighted by molar-refractivity contribution is 0.225. The van der Waals surface area contributed by atoms with E-state index in [4.69, 9.17) is 24.0 Å². The Morgan fingerprint density at radius 1 is 0.808 bits per heavy atom. The largest absolute Gasteiger partial charge is 0.478 e. The van der Waals surface area contributed by atoms with E-state index in [0.29, 0.717) is 16.7 Å². The minimum absolute atomic E-state index is 0.00861. The van der Waals surface area contributed by atoms with E-state index in [1.54, 1.807) is 6.07 Å². The third-order valence-electron chi connectivity index (χ3n) is 2.91. The standard InChI is InChI=1S/C15H10O2.H4O7P2/c16-13-10-15(11-6-2-1-3-7-11)17-14-9-5-4-8-12(13)14;1-8(2,3)7-9(4,5)6/h1-10H;(H2,1,2,3)(H2,4,5,6). The van der Waals surface area contributed by atoms with Gasteiger partial charge in [0.05, 0.1) is 5.39 Å². The van der Waals surface area contributed by atoms with Gasteiger partial charge >= 0.3 is 15.6 Å². The summed E-state index contributed by atoms with van der Waals surface area (Å²) in [6.07, 6.45) is 0. The van der Waals surface area contributed by atoms with Crippen molar-refractivity contribution < 1.29 is 37.4 Å². The van der Waals surface area contributed by atoms with Gasteiger partial charge in [-0.3, -0.25) is 4.79 Å². The van der Waals surface area contributed by atoms with Crippen molar-refractivity contribution >= 4 is 26.6 Å². The maximum atomic E-state index is 11.9. The first-order valence-electron chi connectivity index (χ1n) is 6.96. The van der Waals surface area contributed by atoms with Crippen molar-refractivity contribution in [1.82, 2.24) is 0 Å². The van der Waals surface area contributed by atoms with Crippen LogP contribution in [0.2, 0.25) is 0 Å². The smallest absolute Gasteiger partial charge is 0.456 e. The molecule has 0 bridgehead atoms. The number of benzene rings is 2. The quantitative estimate of drug-likeness (QED) is 0.486. The third kappa shape index (κ3) is 6.33. The van der Waals surface area contributed by atoms with Gasteiger partial charge in [-0.05, 0) is 12.1 Å². The van der Waals surface area contributed by atoms with Crippen LogP contribution in [0.15, 0.2) is 69.9 Å². The van der Waals surface area contributed by atoms with E-state index in [1.807, 2.05) is 48.5 Å². The van der Waals surface area contributed by atoms with Gasteiger partial charge in [0.1, 0.15) is 11.3 Å². The normalized spacial score (nSPS) is 11.7. The molecule has 26 heavy (non-hydrogen) atoms. The second-order valence-corrected chi connectivity index (χ2v) is 7.52. The zero-order chi connectivity index (χ0) is 19.4. The van der Waals surface area contributed by atoms with Gasteiger partial charge in [-0.1, -0.05) is 42.5 Å². The van der Waals surface area contributed by atoms with Crippen molar-refractivity contribution in [3.8, 4) is 11.3 Å². The van der Waals surface area contributed by atoms with Gasteiger partial charge in [0.2, 0.25) is 0 Å². The summed E-state index contributed by atoms with van der Waals surface area (Å²) in [7, 11) is -10.1. The number of fused-ring (bicyclic) bond motifs is 1. The Morgan fingerprint density at radius 2 is 1.35 bits per heavy atom. The van der Waals surface area contributed by atoms with Crippen molar-refractivity contribution in [2.45, 2.75) is 0 Å². The zero-order valence-corrected chi connectivity index (χ0v) is 14.8. The van der Waals surface area contributed by atoms with Crippen molar-refractivity contribution in [3.05, 3.63) is 70.9 Å². The summed E-state index contributed by atoms with van der Waals surface area (Å²) >= 11 is 0. The predicted molar refractivity (Wildman–Crippen MR) is 93.1 cm³/mol. The van der Waals surface area contributed by atoms with E-state index < -0.39 is 15.6 Å². The first kappa shape index (κ1) is 20.2. The third-order valence-corrected chi connectivity index (χ3v) is 4.61. The Morgan fingerprint density at radius 3 is 1.88 bits per heavy atom. The summed E-state index contributed by atoms with van der Waals surface area (Å²) in [5.74, 6) is 0.606. The molecule has 0 spiro atoms. The molecule has 4 N–H and O–H groups in total. The molecule has 3 aromatic rings. The van der Waals surface area contributed by atoms with Gasteiger partial charge in [-0.2, -0.15) is 4.31 Å². The Balaban J connectivity index is 0.000000232. The molecule has 0 atom stereocenters. The van der Waals surface area contributed by atoms with Gasteiger partial charge in [-0.15, -0.1) is 0 Å². The minimum atomic E-state index is -5.05. The second-order valence-electron chi connectivity index (χ2n) is 4.90. The molecule has 1 heterocycles. The predicted octanol–water partition coefficient (Wildman–Crippen LogP) is 2.65. The van der Waals surface area contributed by atoms with E-state index >= 15 is 0 Å². The summed E-state index contributed by atoms with van der Waals surface area (Å²) in [5, 5.41) is 0.618. The molecule has 0 fully saturated rings. The number of phosphoric acid groups is 2. The number of para-hydroxylation sites is 1. The van der Waals surface area contributed by atoms with Crippen LogP contribution in [0.3, 0.4) is 0 Å². The molecule has 0 radical (unpaired) electrons. The van der Waals surface area contributed by atoms with Crippen LogP contribution in [0.25, 0.3) is 22.3 Å². The lowest BCUT2D eigenvalue weighted by Gasteiger charge is -2.03. The number of hydrogen-bond donors (Lipinski definition) is 4. The fourth-order valence-corrected chi connectivity index (χ4v) is 3.10. The highest BCUT2D eigenvalue weighted by molar-refractivity contribution is 7.60. The lowest BCUT2D eigenvalue weighted by Crippen LogP contribution is -1.99. The average molecular weight is 400 g/mol. The summed E-state index contributed by atoms with van der Waals surface area (Å²) in [4.78, 5) is 42.9. The van der Waals surface area contributed by atoms with Gasteiger partial charge in [0, 0.05) is 11.6 Å². The van der Waals surface area contributed by atoms with Crippen LogP contribution in [-0.4, -0.2) is 19.6 Å². The Bertz CT molecular complexity index is 1010. The first-order chi connectivity index (χ1) is 12.1. The van der Waals surface area contributed by atoms with E-state index in [-0.39, 0.29) is 5.43 Å². The summed E-state index contributed by atoms with van der Waals surface area (Å²) < 4.78 is 27.9. The molecular weight excluding hydrogens is 386 g/mol. The molecule has 3 rings (SSSR count). The number of rotatable bonds is 3. The molecule has 0 saturated heterocycles. The zero-order valence-electron chi connectivity index (χ0n) is 13.0. The van der Waals surface area contributed by atoms with Gasteiger partial charge in [0.15, 0.2) is 5.43 Å². The summed E-state index contributed by atoms with van der Waals surface area (Å²) in [6, 6.07) is 18.4. The van der Waals surface area contributed by atoms with E-state index in [2.05, 4.69) is 4.31 Å². The lowest BCUT2D eigenvalue weighted by atomic mass is 10.1. The fraction of sp³-hybridized carbons (Fsp3) is 0. The molecule has 0 amide bonds. The Labute approximate surface area is 147 Å². The van der Waals surface area contributed by atoms with Crippen LogP contribution in [0.5, 0.6) is 0 Å². The fourth-order valence-electron chi connectivity index (χ4n) is 1.99. The Hall–Kier alpha value is -2.09. The van der Waals surface area contributed by atoms with Crippen LogP contribution in [-0.2, 0) is 13.4 Å². The van der Waals surface area contributed by atoms with Crippen molar-refractivity contribution in [1.29, 1.82) is 0 Å². The highest BCUT2D eigenvalue weighted by Crippen LogP contribution is 2.53. The van der Waals surface area contributed by atoms with Gasteiger partial charge in [0.25, 0.3) is 0 Å². The van der Waals surface area contributed by atoms with E-state index in [1.165, 1.54) is 6.07 Å². The minimum Gasteiger partial charge on any atom is -0.456 e. The van der Waals surface area contributed by atoms with Crippen LogP contribution in [0, 0.1) is 0 Å². The van der Waals surface area contributed by atoms with E-state index in [0.717, 1.165) is 5.56 Å². The second kappa shape index (κ2) is 8.07. The molecule has 1 aromatic heterocycles. The first-order valence-corrected chi connectivity index (χ1v) is 10.0. The van der Waals surface area contributed by atoms with Crippen LogP contribution < -0.4 is 5.43 Å². The van der Waals surface area contributed by atoms with Gasteiger partial charge < -0.3 is 24.0 Å². The maximum absolute atomic E-state index is 11.9. The molecule has 0 aliphatic heterocycles. The molecular formula is C15H14O9P2. The molecule has 0 aliphatic rings. The van der Waals surface area contributed by atoms with Crippen molar-refractivity contribution in [3.63, 3.8) is 0 Å². The van der Waals surface area contributed by atoms with Crippen LogP contribution >= 0.6 is 15.6 Å². The summed E-state index contributed by atoms with van der Waals surface area (Å²) in [5.41, 5.74) is 1.53. The molecule has 0 saturated carbocycles. The summed E-state index contributed by atoms with van der Waals surface area (Å²) in [6.45, 7) is 0. The Kier molecular flexibility index (Phi) is 6.28. The highest BCUT2D eigenvalue weighted by atomic mass is 31.3. The molecule has 0 aliphatic carbocycles. The van der Waals surface area contributed by atoms with Gasteiger partial charge in [-0.25, -0.2) is 9.13 Å². The maximum Gasteiger partial charge on any atom is 0.478 e. The molecule has 138 valence electrons. The van der Waals surface area contributed by atoms with Crippen molar-refractivity contribution in [2.24, 2.45) is 0 Å². The molecule has 11 heteroatoms. The molecule has 2 aromatic carbocycles. The molecule has 9 nitrogen and oxygen atoms in total. The monoisotopic (exact) mass is 400 g/mol. The van der Waals surface area contributed by atoms with Crippen LogP contribution in [0.1, 0.15) is 0 Å². The van der Waals surface area contributed by atoms with Crippen molar-refractivity contribution in [2.75, 3.05) is 0 Å². The topological polar surface area (TPSA) is 154 Å². The molecule has 0 unspecified atom stereocenters. The highest BCUT2D eigenvalue weighted by Gasteiger charge is 2.27. The SMILES string of the molecule is O=P(O)(O)OP(=O)(O)O.O=c1cc(-c2ccccc2)oc2ccccc12.